The van der Waals surface area contributed by atoms with Crippen LogP contribution in [0.25, 0.3) is 0 Å². The fraction of sp³-hybridized carbons (Fsp3) is 0.235. The zero-order valence-electron chi connectivity index (χ0n) is 12.2. The van der Waals surface area contributed by atoms with Crippen LogP contribution in [0.4, 0.5) is 5.69 Å². The van der Waals surface area contributed by atoms with Crippen molar-refractivity contribution in [2.45, 2.75) is 10.9 Å². The number of carbonyl (C=O) groups excluding carboxylic acids is 1. The van der Waals surface area contributed by atoms with Gasteiger partial charge in [0.05, 0.1) is 6.04 Å². The molecule has 0 saturated carbocycles. The fourth-order valence-corrected chi connectivity index (χ4v) is 3.64. The maximum atomic E-state index is 12.0. The molecule has 1 unspecified atom stereocenters. The van der Waals surface area contributed by atoms with Crippen molar-refractivity contribution >= 4 is 23.4 Å². The highest BCUT2D eigenvalue weighted by Crippen LogP contribution is 2.39. The molecule has 1 aliphatic rings. The molecule has 3 rings (SSSR count). The van der Waals surface area contributed by atoms with E-state index in [1.807, 2.05) is 36.0 Å². The molecule has 0 fully saturated rings. The lowest BCUT2D eigenvalue weighted by Crippen LogP contribution is -2.21. The zero-order chi connectivity index (χ0) is 14.8. The predicted molar refractivity (Wildman–Crippen MR) is 88.0 cm³/mol. The number of fused-ring (bicyclic) bond motifs is 1. The normalized spacial score (nSPS) is 16.4. The number of amides is 1. The molecule has 0 spiro atoms. The molecule has 0 aromatic heterocycles. The van der Waals surface area contributed by atoms with Crippen LogP contribution in [0, 0.1) is 0 Å². The molecule has 0 saturated heterocycles. The number of rotatable bonds is 3. The van der Waals surface area contributed by atoms with E-state index in [-0.39, 0.29) is 5.91 Å². The summed E-state index contributed by atoms with van der Waals surface area (Å²) in [6, 6.07) is 16.5. The first-order chi connectivity index (χ1) is 10.1. The Morgan fingerprint density at radius 2 is 2.00 bits per heavy atom. The van der Waals surface area contributed by atoms with Gasteiger partial charge in [-0.3, -0.25) is 4.79 Å². The summed E-state index contributed by atoms with van der Waals surface area (Å²) in [4.78, 5) is 15.0. The third kappa shape index (κ3) is 2.90. The summed E-state index contributed by atoms with van der Waals surface area (Å²) in [5.41, 5.74) is 3.04. The molecule has 3 nitrogen and oxygen atoms in total. The van der Waals surface area contributed by atoms with Crippen LogP contribution >= 0.6 is 11.8 Å². The number of nitrogens with one attached hydrogen (secondary N) is 1. The Morgan fingerprint density at radius 1 is 1.19 bits per heavy atom. The predicted octanol–water partition coefficient (Wildman–Crippen LogP) is 3.65. The van der Waals surface area contributed by atoms with Gasteiger partial charge < -0.3 is 10.2 Å². The van der Waals surface area contributed by atoms with E-state index in [0.29, 0.717) is 11.6 Å². The van der Waals surface area contributed by atoms with Crippen LogP contribution in [0.3, 0.4) is 0 Å². The molecular formula is C17H18N2OS. The number of thioether (sulfide) groups is 1. The Labute approximate surface area is 129 Å². The average Bonchev–Trinajstić information content (AvgIpc) is 2.90. The van der Waals surface area contributed by atoms with E-state index in [0.717, 1.165) is 11.4 Å². The lowest BCUT2D eigenvalue weighted by atomic mass is 10.1. The van der Waals surface area contributed by atoms with E-state index in [9.17, 15) is 4.79 Å². The highest BCUT2D eigenvalue weighted by molar-refractivity contribution is 7.99. The minimum absolute atomic E-state index is 0.0276. The number of anilines is 1. The minimum atomic E-state index is 0.0276. The SMILES string of the molecule is CN(C)C(=O)c1cccc(NC2CSc3ccccc32)c1. The molecule has 1 atom stereocenters. The summed E-state index contributed by atoms with van der Waals surface area (Å²) in [6.07, 6.45) is 0. The van der Waals surface area contributed by atoms with Crippen LogP contribution in [-0.4, -0.2) is 30.7 Å². The third-order valence-corrected chi connectivity index (χ3v) is 4.74. The second-order valence-corrected chi connectivity index (χ2v) is 6.39. The zero-order valence-corrected chi connectivity index (χ0v) is 13.0. The average molecular weight is 298 g/mol. The molecule has 1 aliphatic heterocycles. The van der Waals surface area contributed by atoms with Crippen LogP contribution < -0.4 is 5.32 Å². The third-order valence-electron chi connectivity index (χ3n) is 3.56. The van der Waals surface area contributed by atoms with E-state index in [2.05, 4.69) is 29.6 Å². The van der Waals surface area contributed by atoms with Crippen molar-refractivity contribution in [1.82, 2.24) is 4.90 Å². The van der Waals surface area contributed by atoms with Crippen LogP contribution in [0.2, 0.25) is 0 Å². The number of nitrogens with zero attached hydrogens (tertiary/aromatic N) is 1. The van der Waals surface area contributed by atoms with E-state index >= 15 is 0 Å². The summed E-state index contributed by atoms with van der Waals surface area (Å²) in [6.45, 7) is 0. The molecule has 0 aliphatic carbocycles. The number of hydrogen-bond donors (Lipinski definition) is 1. The van der Waals surface area contributed by atoms with E-state index < -0.39 is 0 Å². The summed E-state index contributed by atoms with van der Waals surface area (Å²) >= 11 is 1.87. The smallest absolute Gasteiger partial charge is 0.253 e. The lowest BCUT2D eigenvalue weighted by Gasteiger charge is -2.16. The summed E-state index contributed by atoms with van der Waals surface area (Å²) in [5, 5.41) is 3.54. The molecule has 1 heterocycles. The summed E-state index contributed by atoms with van der Waals surface area (Å²) in [5.74, 6) is 1.05. The molecule has 1 amide bonds. The molecule has 0 radical (unpaired) electrons. The summed E-state index contributed by atoms with van der Waals surface area (Å²) in [7, 11) is 3.54. The second-order valence-electron chi connectivity index (χ2n) is 5.33. The molecule has 1 N–H and O–H groups in total. The van der Waals surface area contributed by atoms with Crippen LogP contribution in [-0.2, 0) is 0 Å². The van der Waals surface area contributed by atoms with Crippen molar-refractivity contribution in [2.24, 2.45) is 0 Å². The van der Waals surface area contributed by atoms with E-state index in [1.165, 1.54) is 10.5 Å². The standard InChI is InChI=1S/C17H18N2OS/c1-19(2)17(20)12-6-5-7-13(10-12)18-15-11-21-16-9-4-3-8-14(15)16/h3-10,15,18H,11H2,1-2H3. The first-order valence-corrected chi connectivity index (χ1v) is 7.93. The first kappa shape index (κ1) is 14.0. The Hall–Kier alpha value is -1.94. The number of hydrogen-bond acceptors (Lipinski definition) is 3. The van der Waals surface area contributed by atoms with Crippen molar-refractivity contribution in [2.75, 3.05) is 25.2 Å². The molecular weight excluding hydrogens is 280 g/mol. The van der Waals surface area contributed by atoms with Crippen molar-refractivity contribution in [3.63, 3.8) is 0 Å². The number of benzene rings is 2. The maximum absolute atomic E-state index is 12.0. The van der Waals surface area contributed by atoms with Gasteiger partial charge in [-0.1, -0.05) is 24.3 Å². The van der Waals surface area contributed by atoms with Crippen molar-refractivity contribution in [1.29, 1.82) is 0 Å². The fourth-order valence-electron chi connectivity index (χ4n) is 2.48. The van der Waals surface area contributed by atoms with Crippen LogP contribution in [0.5, 0.6) is 0 Å². The minimum Gasteiger partial charge on any atom is -0.377 e. The van der Waals surface area contributed by atoms with Gasteiger partial charge in [-0.15, -0.1) is 11.8 Å². The van der Waals surface area contributed by atoms with Gasteiger partial charge in [-0.25, -0.2) is 0 Å². The van der Waals surface area contributed by atoms with Gasteiger partial charge in [-0.2, -0.15) is 0 Å². The second kappa shape index (κ2) is 5.82. The Bertz CT molecular complexity index is 669. The molecule has 2 aromatic carbocycles. The van der Waals surface area contributed by atoms with Gasteiger partial charge in [0, 0.05) is 36.0 Å². The number of carbonyl (C=O) groups is 1. The lowest BCUT2D eigenvalue weighted by molar-refractivity contribution is 0.0827. The van der Waals surface area contributed by atoms with Crippen LogP contribution in [0.15, 0.2) is 53.4 Å². The van der Waals surface area contributed by atoms with Crippen molar-refractivity contribution in [3.8, 4) is 0 Å². The molecule has 2 aromatic rings. The highest BCUT2D eigenvalue weighted by Gasteiger charge is 2.22. The Balaban J connectivity index is 1.80. The molecule has 108 valence electrons. The highest BCUT2D eigenvalue weighted by atomic mass is 32.2. The quantitative estimate of drug-likeness (QED) is 0.939. The van der Waals surface area contributed by atoms with Crippen molar-refractivity contribution in [3.05, 3.63) is 59.7 Å². The molecule has 4 heteroatoms. The van der Waals surface area contributed by atoms with Gasteiger partial charge >= 0.3 is 0 Å². The topological polar surface area (TPSA) is 32.3 Å². The van der Waals surface area contributed by atoms with Crippen LogP contribution in [0.1, 0.15) is 22.0 Å². The van der Waals surface area contributed by atoms with Crippen molar-refractivity contribution < 1.29 is 4.79 Å². The largest absolute Gasteiger partial charge is 0.377 e. The Kier molecular flexibility index (Phi) is 3.88. The van der Waals surface area contributed by atoms with E-state index in [1.54, 1.807) is 19.0 Å². The van der Waals surface area contributed by atoms with E-state index in [4.69, 9.17) is 0 Å². The van der Waals surface area contributed by atoms with Gasteiger partial charge in [-0.05, 0) is 29.8 Å². The maximum Gasteiger partial charge on any atom is 0.253 e. The molecule has 0 bridgehead atoms. The van der Waals surface area contributed by atoms with Gasteiger partial charge in [0.15, 0.2) is 0 Å². The van der Waals surface area contributed by atoms with Gasteiger partial charge in [0.25, 0.3) is 5.91 Å². The monoisotopic (exact) mass is 298 g/mol. The Morgan fingerprint density at radius 3 is 2.81 bits per heavy atom. The van der Waals surface area contributed by atoms with Gasteiger partial charge in [0.2, 0.25) is 0 Å². The van der Waals surface area contributed by atoms with Gasteiger partial charge in [0.1, 0.15) is 0 Å². The first-order valence-electron chi connectivity index (χ1n) is 6.95. The summed E-state index contributed by atoms with van der Waals surface area (Å²) < 4.78 is 0. The molecule has 21 heavy (non-hydrogen) atoms.